The van der Waals surface area contributed by atoms with E-state index < -0.39 is 5.82 Å². The fraction of sp³-hybridized carbons (Fsp3) is 0.312. The number of hydrogen-bond donors (Lipinski definition) is 0. The summed E-state index contributed by atoms with van der Waals surface area (Å²) in [6, 6.07) is 2.77. The van der Waals surface area contributed by atoms with Gasteiger partial charge in [-0.25, -0.2) is 4.39 Å². The molecule has 0 unspecified atom stereocenters. The van der Waals surface area contributed by atoms with Crippen molar-refractivity contribution in [2.24, 2.45) is 0 Å². The average Bonchev–Trinajstić information content (AvgIpc) is 2.84. The van der Waals surface area contributed by atoms with E-state index in [9.17, 15) is 4.39 Å². The highest BCUT2D eigenvalue weighted by Gasteiger charge is 2.23. The summed E-state index contributed by atoms with van der Waals surface area (Å²) in [5.41, 5.74) is 1.71. The van der Waals surface area contributed by atoms with Crippen molar-refractivity contribution in [3.63, 3.8) is 0 Å². The predicted octanol–water partition coefficient (Wildman–Crippen LogP) is 4.90. The monoisotopic (exact) mass is 340 g/mol. The van der Waals surface area contributed by atoms with Gasteiger partial charge in [0.1, 0.15) is 23.9 Å². The number of aryl methyl sites for hydroxylation is 1. The van der Waals surface area contributed by atoms with E-state index in [0.29, 0.717) is 22.0 Å². The fourth-order valence-electron chi connectivity index (χ4n) is 2.59. The van der Waals surface area contributed by atoms with E-state index in [1.165, 1.54) is 6.07 Å². The molecule has 3 nitrogen and oxygen atoms in total. The third-order valence-corrected chi connectivity index (χ3v) is 4.35. The summed E-state index contributed by atoms with van der Waals surface area (Å²) in [6.45, 7) is 4.68. The molecule has 3 rings (SSSR count). The quantitative estimate of drug-likeness (QED) is 0.740. The number of aromatic nitrogens is 2. The number of rotatable bonds is 4. The first-order valence-corrected chi connectivity index (χ1v) is 7.85. The Bertz CT molecular complexity index is 727. The molecule has 1 aromatic heterocycles. The summed E-state index contributed by atoms with van der Waals surface area (Å²) >= 11 is 12.4. The molecule has 0 amide bonds. The molecule has 1 aliphatic rings. The summed E-state index contributed by atoms with van der Waals surface area (Å²) in [4.78, 5) is 0. The average molecular weight is 341 g/mol. The summed E-state index contributed by atoms with van der Waals surface area (Å²) in [5, 5.41) is 5.18. The van der Waals surface area contributed by atoms with Gasteiger partial charge in [0.05, 0.1) is 15.7 Å². The minimum atomic E-state index is -0.465. The Hall–Kier alpha value is -1.52. The summed E-state index contributed by atoms with van der Waals surface area (Å²) < 4.78 is 21.6. The fourth-order valence-corrected chi connectivity index (χ4v) is 3.13. The van der Waals surface area contributed by atoms with Crippen molar-refractivity contribution >= 4 is 23.2 Å². The van der Waals surface area contributed by atoms with Crippen LogP contribution in [-0.4, -0.2) is 16.4 Å². The molecule has 22 heavy (non-hydrogen) atoms. The molecule has 0 bridgehead atoms. The van der Waals surface area contributed by atoms with Gasteiger partial charge in [-0.1, -0.05) is 35.9 Å². The van der Waals surface area contributed by atoms with E-state index in [0.717, 1.165) is 31.5 Å². The number of nitrogens with zero attached hydrogens (tertiary/aromatic N) is 2. The van der Waals surface area contributed by atoms with Gasteiger partial charge in [0, 0.05) is 12.1 Å². The summed E-state index contributed by atoms with van der Waals surface area (Å²) in [6.07, 6.45) is 4.59. The predicted molar refractivity (Wildman–Crippen MR) is 86.3 cm³/mol. The van der Waals surface area contributed by atoms with E-state index in [-0.39, 0.29) is 11.6 Å². The molecule has 0 fully saturated rings. The lowest BCUT2D eigenvalue weighted by Crippen LogP contribution is -2.10. The van der Waals surface area contributed by atoms with Gasteiger partial charge in [-0.2, -0.15) is 5.10 Å². The van der Waals surface area contributed by atoms with Crippen molar-refractivity contribution in [2.45, 2.75) is 25.8 Å². The highest BCUT2D eigenvalue weighted by Crippen LogP contribution is 2.38. The lowest BCUT2D eigenvalue weighted by atomic mass is 10.1. The Kier molecular flexibility index (Phi) is 4.41. The molecule has 2 aromatic rings. The lowest BCUT2D eigenvalue weighted by Gasteiger charge is -2.12. The molecule has 116 valence electrons. The lowest BCUT2D eigenvalue weighted by molar-refractivity contribution is 0.363. The van der Waals surface area contributed by atoms with Crippen molar-refractivity contribution < 1.29 is 9.13 Å². The highest BCUT2D eigenvalue weighted by molar-refractivity contribution is 6.34. The van der Waals surface area contributed by atoms with Crippen LogP contribution in [0.5, 0.6) is 5.75 Å². The standard InChI is InChI=1S/C16H15Cl2FN2O/c1-2-7-22-14-8-10(12(19)9-11(14)17)16-15(18)13-5-3-4-6-21(13)20-16/h2,8-9H,1,3-7H2. The Morgan fingerprint density at radius 1 is 1.36 bits per heavy atom. The van der Waals surface area contributed by atoms with Gasteiger partial charge in [-0.3, -0.25) is 4.68 Å². The number of halogens is 3. The van der Waals surface area contributed by atoms with Gasteiger partial charge < -0.3 is 4.74 Å². The molecular formula is C16H15Cl2FN2O. The Labute approximate surface area is 138 Å². The van der Waals surface area contributed by atoms with Crippen LogP contribution in [-0.2, 0) is 13.0 Å². The Morgan fingerprint density at radius 2 is 2.18 bits per heavy atom. The van der Waals surface area contributed by atoms with Gasteiger partial charge in [0.2, 0.25) is 0 Å². The van der Waals surface area contributed by atoms with E-state index in [2.05, 4.69) is 11.7 Å². The smallest absolute Gasteiger partial charge is 0.139 e. The normalized spacial score (nSPS) is 13.8. The second-order valence-electron chi connectivity index (χ2n) is 5.15. The zero-order valence-corrected chi connectivity index (χ0v) is 13.4. The van der Waals surface area contributed by atoms with Crippen molar-refractivity contribution in [1.29, 1.82) is 0 Å². The minimum absolute atomic E-state index is 0.211. The van der Waals surface area contributed by atoms with E-state index in [1.807, 2.05) is 4.68 Å². The van der Waals surface area contributed by atoms with Crippen LogP contribution in [0.15, 0.2) is 24.8 Å². The van der Waals surface area contributed by atoms with E-state index >= 15 is 0 Å². The summed E-state index contributed by atoms with van der Waals surface area (Å²) in [7, 11) is 0. The van der Waals surface area contributed by atoms with Gasteiger partial charge >= 0.3 is 0 Å². The van der Waals surface area contributed by atoms with Crippen molar-refractivity contribution in [3.8, 4) is 17.0 Å². The Morgan fingerprint density at radius 3 is 2.91 bits per heavy atom. The van der Waals surface area contributed by atoms with Crippen LogP contribution in [0.2, 0.25) is 10.0 Å². The maximum atomic E-state index is 14.3. The van der Waals surface area contributed by atoms with Crippen LogP contribution >= 0.6 is 23.2 Å². The summed E-state index contributed by atoms with van der Waals surface area (Å²) in [5.74, 6) is -0.0756. The molecule has 0 radical (unpaired) electrons. The highest BCUT2D eigenvalue weighted by atomic mass is 35.5. The number of hydrogen-bond acceptors (Lipinski definition) is 2. The maximum absolute atomic E-state index is 14.3. The second-order valence-corrected chi connectivity index (χ2v) is 5.94. The zero-order chi connectivity index (χ0) is 15.7. The third-order valence-electron chi connectivity index (χ3n) is 3.66. The third kappa shape index (κ3) is 2.73. The van der Waals surface area contributed by atoms with E-state index in [4.69, 9.17) is 27.9 Å². The first kappa shape index (κ1) is 15.4. The molecule has 6 heteroatoms. The van der Waals surface area contributed by atoms with Crippen LogP contribution < -0.4 is 4.74 Å². The molecule has 0 saturated carbocycles. The van der Waals surface area contributed by atoms with Gasteiger partial charge in [-0.05, 0) is 31.4 Å². The molecule has 1 aliphatic heterocycles. The van der Waals surface area contributed by atoms with Gasteiger partial charge in [0.15, 0.2) is 0 Å². The molecule has 2 heterocycles. The number of benzene rings is 1. The minimum Gasteiger partial charge on any atom is -0.488 e. The largest absolute Gasteiger partial charge is 0.488 e. The van der Waals surface area contributed by atoms with Gasteiger partial charge in [0.25, 0.3) is 0 Å². The molecule has 1 aromatic carbocycles. The van der Waals surface area contributed by atoms with Crippen molar-refractivity contribution in [3.05, 3.63) is 46.3 Å². The van der Waals surface area contributed by atoms with Crippen LogP contribution in [0.4, 0.5) is 4.39 Å². The molecule has 0 atom stereocenters. The first-order valence-electron chi connectivity index (χ1n) is 7.10. The molecular weight excluding hydrogens is 326 g/mol. The van der Waals surface area contributed by atoms with Crippen LogP contribution in [0.25, 0.3) is 11.3 Å². The van der Waals surface area contributed by atoms with Gasteiger partial charge in [-0.15, -0.1) is 0 Å². The van der Waals surface area contributed by atoms with E-state index in [1.54, 1.807) is 12.1 Å². The van der Waals surface area contributed by atoms with Crippen LogP contribution in [0.1, 0.15) is 18.5 Å². The molecule has 0 aliphatic carbocycles. The van der Waals surface area contributed by atoms with Crippen molar-refractivity contribution in [1.82, 2.24) is 9.78 Å². The number of fused-ring (bicyclic) bond motifs is 1. The second kappa shape index (κ2) is 6.31. The van der Waals surface area contributed by atoms with Crippen molar-refractivity contribution in [2.75, 3.05) is 6.61 Å². The topological polar surface area (TPSA) is 27.1 Å². The maximum Gasteiger partial charge on any atom is 0.139 e. The molecule has 0 N–H and O–H groups in total. The number of ether oxygens (including phenoxy) is 1. The van der Waals surface area contributed by atoms with Crippen LogP contribution in [0, 0.1) is 5.82 Å². The molecule has 0 spiro atoms. The Balaban J connectivity index is 2.07. The SMILES string of the molecule is C=CCOc1cc(-c2nn3c(c2Cl)CCCC3)c(F)cc1Cl. The zero-order valence-electron chi connectivity index (χ0n) is 11.9. The van der Waals surface area contributed by atoms with Crippen LogP contribution in [0.3, 0.4) is 0 Å². The first-order chi connectivity index (χ1) is 10.6. The molecule has 0 saturated heterocycles.